The molecule has 0 radical (unpaired) electrons. The van der Waals surface area contributed by atoms with E-state index in [1.54, 1.807) is 45.6 Å². The van der Waals surface area contributed by atoms with Gasteiger partial charge in [-0.25, -0.2) is 14.4 Å². The van der Waals surface area contributed by atoms with Crippen molar-refractivity contribution in [1.82, 2.24) is 25.2 Å². The smallest absolute Gasteiger partial charge is 0.141 e. The van der Waals surface area contributed by atoms with Crippen LogP contribution in [0.1, 0.15) is 11.1 Å². The number of rotatable bonds is 4. The maximum Gasteiger partial charge on any atom is 0.141 e. The molecule has 2 aromatic rings. The number of hydrazine groups is 2. The Hall–Kier alpha value is -3.80. The Balaban J connectivity index is 1.55. The molecule has 0 bridgehead atoms. The molecule has 0 amide bonds. The lowest BCUT2D eigenvalue weighted by atomic mass is 10.1. The fourth-order valence-corrected chi connectivity index (χ4v) is 2.77. The van der Waals surface area contributed by atoms with Crippen molar-refractivity contribution >= 4 is 12.0 Å². The summed E-state index contributed by atoms with van der Waals surface area (Å²) >= 11 is 0. The first kappa shape index (κ1) is 15.7. The number of nitriles is 1. The molecule has 9 heteroatoms. The summed E-state index contributed by atoms with van der Waals surface area (Å²) in [5, 5.41) is 16.8. The van der Waals surface area contributed by atoms with E-state index in [-0.39, 0.29) is 5.56 Å². The molecular formula is C17H15FN8. The molecule has 1 aromatic carbocycles. The zero-order chi connectivity index (χ0) is 18.1. The predicted molar refractivity (Wildman–Crippen MR) is 93.1 cm³/mol. The van der Waals surface area contributed by atoms with Gasteiger partial charge in [-0.1, -0.05) is 12.1 Å². The molecular weight excluding hydrogens is 335 g/mol. The van der Waals surface area contributed by atoms with E-state index >= 15 is 0 Å². The van der Waals surface area contributed by atoms with Crippen LogP contribution < -0.4 is 10.9 Å². The van der Waals surface area contributed by atoms with E-state index < -0.39 is 5.82 Å². The fourth-order valence-electron chi connectivity index (χ4n) is 2.77. The average molecular weight is 350 g/mol. The first-order valence-corrected chi connectivity index (χ1v) is 7.85. The molecule has 2 aliphatic rings. The Kier molecular flexibility index (Phi) is 3.78. The van der Waals surface area contributed by atoms with E-state index in [2.05, 4.69) is 20.9 Å². The molecule has 0 saturated carbocycles. The lowest BCUT2D eigenvalue weighted by Gasteiger charge is -2.26. The first-order valence-electron chi connectivity index (χ1n) is 7.85. The third-order valence-electron chi connectivity index (χ3n) is 4.00. The largest absolute Gasteiger partial charge is 0.303 e. The van der Waals surface area contributed by atoms with E-state index in [0.717, 1.165) is 17.1 Å². The summed E-state index contributed by atoms with van der Waals surface area (Å²) in [4.78, 5) is 4.39. The molecule has 4 rings (SSSR count). The van der Waals surface area contributed by atoms with Crippen molar-refractivity contribution in [2.24, 2.45) is 12.0 Å². The number of aryl methyl sites for hydroxylation is 1. The van der Waals surface area contributed by atoms with Gasteiger partial charge in [0.05, 0.1) is 30.2 Å². The highest BCUT2D eigenvalue weighted by molar-refractivity contribution is 5.66. The SMILES string of the molecule is Cn1cc(NN2C=NC3=CNN(Cc4cccc(F)c4C#N)C3=C2)cn1. The lowest BCUT2D eigenvalue weighted by Crippen LogP contribution is -2.32. The highest BCUT2D eigenvalue weighted by Crippen LogP contribution is 2.26. The summed E-state index contributed by atoms with van der Waals surface area (Å²) < 4.78 is 15.5. The van der Waals surface area contributed by atoms with Gasteiger partial charge in [-0.15, -0.1) is 0 Å². The van der Waals surface area contributed by atoms with Crippen LogP contribution >= 0.6 is 0 Å². The molecule has 0 atom stereocenters. The Morgan fingerprint density at radius 3 is 3.04 bits per heavy atom. The van der Waals surface area contributed by atoms with E-state index in [1.807, 2.05) is 25.5 Å². The molecule has 2 N–H and O–H groups in total. The quantitative estimate of drug-likeness (QED) is 0.875. The number of aliphatic imine (C=N–C) groups is 1. The van der Waals surface area contributed by atoms with Crippen LogP contribution in [0.25, 0.3) is 0 Å². The van der Waals surface area contributed by atoms with Gasteiger partial charge in [-0.05, 0) is 11.6 Å². The van der Waals surface area contributed by atoms with Gasteiger partial charge in [-0.2, -0.15) is 10.4 Å². The van der Waals surface area contributed by atoms with Gasteiger partial charge in [0.1, 0.15) is 29.6 Å². The van der Waals surface area contributed by atoms with Crippen molar-refractivity contribution < 1.29 is 4.39 Å². The van der Waals surface area contributed by atoms with Crippen LogP contribution in [0.3, 0.4) is 0 Å². The van der Waals surface area contributed by atoms with E-state index in [1.165, 1.54) is 6.07 Å². The number of hydrogen-bond donors (Lipinski definition) is 2. The van der Waals surface area contributed by atoms with Crippen molar-refractivity contribution in [2.75, 3.05) is 5.43 Å². The number of halogens is 1. The van der Waals surface area contributed by atoms with Crippen LogP contribution in [0.2, 0.25) is 0 Å². The molecule has 3 heterocycles. The topological polar surface area (TPSA) is 84.5 Å². The monoisotopic (exact) mass is 350 g/mol. The van der Waals surface area contributed by atoms with Crippen molar-refractivity contribution in [2.45, 2.75) is 6.54 Å². The highest BCUT2D eigenvalue weighted by Gasteiger charge is 2.24. The second-order valence-electron chi connectivity index (χ2n) is 5.81. The van der Waals surface area contributed by atoms with Gasteiger partial charge < -0.3 is 5.43 Å². The lowest BCUT2D eigenvalue weighted by molar-refractivity contribution is 0.297. The van der Waals surface area contributed by atoms with Crippen molar-refractivity contribution in [3.63, 3.8) is 0 Å². The van der Waals surface area contributed by atoms with Gasteiger partial charge in [0, 0.05) is 19.4 Å². The highest BCUT2D eigenvalue weighted by atomic mass is 19.1. The molecule has 0 fully saturated rings. The molecule has 130 valence electrons. The third kappa shape index (κ3) is 2.84. The first-order chi connectivity index (χ1) is 12.6. The Bertz CT molecular complexity index is 981. The fraction of sp³-hybridized carbons (Fsp3) is 0.118. The Morgan fingerprint density at radius 2 is 2.27 bits per heavy atom. The normalized spacial score (nSPS) is 15.1. The van der Waals surface area contributed by atoms with Gasteiger partial charge in [0.15, 0.2) is 0 Å². The summed E-state index contributed by atoms with van der Waals surface area (Å²) in [5.41, 5.74) is 9.27. The van der Waals surface area contributed by atoms with Crippen LogP contribution in [-0.4, -0.2) is 26.1 Å². The van der Waals surface area contributed by atoms with Crippen molar-refractivity contribution in [1.29, 1.82) is 5.26 Å². The molecule has 0 unspecified atom stereocenters. The number of nitrogens with zero attached hydrogens (tertiary/aromatic N) is 6. The Labute approximate surface area is 149 Å². The zero-order valence-electron chi connectivity index (χ0n) is 13.9. The van der Waals surface area contributed by atoms with Crippen LogP contribution in [0, 0.1) is 17.1 Å². The second-order valence-corrected chi connectivity index (χ2v) is 5.81. The summed E-state index contributed by atoms with van der Waals surface area (Å²) in [6.07, 6.45) is 8.81. The summed E-state index contributed by atoms with van der Waals surface area (Å²) in [5.74, 6) is -0.520. The number of hydrogen-bond acceptors (Lipinski definition) is 7. The molecule has 0 spiro atoms. The zero-order valence-corrected chi connectivity index (χ0v) is 13.9. The predicted octanol–water partition coefficient (Wildman–Crippen LogP) is 1.80. The molecule has 8 nitrogen and oxygen atoms in total. The standard InChI is InChI=1S/C17H15FN8/c1-24-9-13(6-21-24)23-25-10-17-16(20-11-25)7-22-26(17)8-12-3-2-4-15(18)14(12)5-19/h2-4,6-7,9-11,22-23H,8H2,1H3. The number of benzene rings is 1. The average Bonchev–Trinajstić information content (AvgIpc) is 3.21. The van der Waals surface area contributed by atoms with E-state index in [9.17, 15) is 9.65 Å². The van der Waals surface area contributed by atoms with Crippen molar-refractivity contribution in [3.8, 4) is 6.07 Å². The van der Waals surface area contributed by atoms with Crippen LogP contribution in [0.15, 0.2) is 59.4 Å². The minimum absolute atomic E-state index is 0.0491. The van der Waals surface area contributed by atoms with Crippen LogP contribution in [0.4, 0.5) is 10.1 Å². The maximum absolute atomic E-state index is 13.8. The Morgan fingerprint density at radius 1 is 1.38 bits per heavy atom. The molecule has 2 aliphatic heterocycles. The molecule has 0 aliphatic carbocycles. The van der Waals surface area contributed by atoms with Gasteiger partial charge in [0.25, 0.3) is 0 Å². The van der Waals surface area contributed by atoms with Gasteiger partial charge in [-0.3, -0.25) is 15.1 Å². The van der Waals surface area contributed by atoms with Crippen LogP contribution in [-0.2, 0) is 13.6 Å². The summed E-state index contributed by atoms with van der Waals surface area (Å²) in [7, 11) is 1.84. The van der Waals surface area contributed by atoms with E-state index in [0.29, 0.717) is 12.1 Å². The van der Waals surface area contributed by atoms with Crippen molar-refractivity contribution in [3.05, 3.63) is 71.3 Å². The molecule has 26 heavy (non-hydrogen) atoms. The third-order valence-corrected chi connectivity index (χ3v) is 4.00. The maximum atomic E-state index is 13.8. The molecule has 1 aromatic heterocycles. The summed E-state index contributed by atoms with van der Waals surface area (Å²) in [6, 6.07) is 6.54. The minimum Gasteiger partial charge on any atom is -0.303 e. The second kappa shape index (κ2) is 6.25. The number of nitrogens with one attached hydrogen (secondary N) is 2. The number of aromatic nitrogens is 2. The van der Waals surface area contributed by atoms with E-state index in [4.69, 9.17) is 0 Å². The van der Waals surface area contributed by atoms with Crippen LogP contribution in [0.5, 0.6) is 0 Å². The van der Waals surface area contributed by atoms with Gasteiger partial charge >= 0.3 is 0 Å². The molecule has 0 saturated heterocycles. The number of fused-ring (bicyclic) bond motifs is 1. The minimum atomic E-state index is -0.520. The summed E-state index contributed by atoms with van der Waals surface area (Å²) in [6.45, 7) is 0.322. The van der Waals surface area contributed by atoms with Gasteiger partial charge in [0.2, 0.25) is 0 Å². The number of anilines is 1.